The van der Waals surface area contributed by atoms with E-state index in [4.69, 9.17) is 4.98 Å². The van der Waals surface area contributed by atoms with Gasteiger partial charge >= 0.3 is 0 Å². The lowest BCUT2D eigenvalue weighted by Gasteiger charge is -2.53. The van der Waals surface area contributed by atoms with E-state index in [9.17, 15) is 0 Å². The van der Waals surface area contributed by atoms with Crippen LogP contribution in [0.3, 0.4) is 0 Å². The Bertz CT molecular complexity index is 671. The van der Waals surface area contributed by atoms with E-state index < -0.39 is 0 Å². The molecular weight excluding hydrogens is 294 g/mol. The molecule has 0 saturated heterocycles. The number of quaternary nitrogens is 1. The van der Waals surface area contributed by atoms with E-state index in [1.807, 2.05) is 0 Å². The average Bonchev–Trinajstić information content (AvgIpc) is 2.96. The molecule has 4 aliphatic rings. The summed E-state index contributed by atoms with van der Waals surface area (Å²) < 4.78 is 0. The zero-order chi connectivity index (χ0) is 16.3. The first-order valence-electron chi connectivity index (χ1n) is 9.97. The summed E-state index contributed by atoms with van der Waals surface area (Å²) in [6, 6.07) is 9.73. The molecule has 1 heterocycles. The van der Waals surface area contributed by atoms with E-state index in [2.05, 4.69) is 48.4 Å². The second-order valence-corrected chi connectivity index (χ2v) is 9.11. The first kappa shape index (κ1) is 14.9. The van der Waals surface area contributed by atoms with Crippen molar-refractivity contribution in [1.82, 2.24) is 9.97 Å². The Morgan fingerprint density at radius 3 is 2.29 bits per heavy atom. The molecular formula is C21H30N3+. The number of aromatic nitrogens is 2. The lowest BCUT2D eigenvalue weighted by Crippen LogP contribution is -2.96. The fraction of sp³-hybridized carbons (Fsp3) is 0.667. The minimum atomic E-state index is 0.458. The Balaban J connectivity index is 1.42. The van der Waals surface area contributed by atoms with E-state index in [0.717, 1.165) is 35.2 Å². The zero-order valence-electron chi connectivity index (χ0n) is 14.9. The highest BCUT2D eigenvalue weighted by atomic mass is 15.1. The molecule has 24 heavy (non-hydrogen) atoms. The molecule has 128 valence electrons. The average molecular weight is 324 g/mol. The number of aromatic amines is 1. The van der Waals surface area contributed by atoms with Crippen LogP contribution in [0, 0.1) is 29.6 Å². The van der Waals surface area contributed by atoms with Crippen molar-refractivity contribution in [2.24, 2.45) is 29.6 Å². The van der Waals surface area contributed by atoms with Gasteiger partial charge in [0, 0.05) is 17.8 Å². The van der Waals surface area contributed by atoms with E-state index in [1.54, 1.807) is 0 Å². The molecule has 0 amide bonds. The summed E-state index contributed by atoms with van der Waals surface area (Å²) in [7, 11) is 0. The predicted octanol–water partition coefficient (Wildman–Crippen LogP) is 3.65. The Morgan fingerprint density at radius 2 is 1.67 bits per heavy atom. The molecule has 1 aromatic heterocycles. The van der Waals surface area contributed by atoms with Gasteiger partial charge in [0.1, 0.15) is 6.04 Å². The summed E-state index contributed by atoms with van der Waals surface area (Å²) in [5.74, 6) is 5.82. The number of nitrogens with two attached hydrogens (primary N) is 1. The number of hydrogen-bond acceptors (Lipinski definition) is 1. The van der Waals surface area contributed by atoms with Gasteiger partial charge in [-0.25, -0.2) is 4.98 Å². The summed E-state index contributed by atoms with van der Waals surface area (Å²) in [5, 5.41) is 2.72. The maximum atomic E-state index is 4.93. The van der Waals surface area contributed by atoms with Crippen LogP contribution in [-0.4, -0.2) is 16.0 Å². The number of hydrogen-bond donors (Lipinski definition) is 2. The van der Waals surface area contributed by atoms with Crippen LogP contribution >= 0.6 is 0 Å². The number of rotatable bonds is 4. The standard InChI is InChI=1S/C21H29N3/c1-12(2)19(21-22-17-5-3-4-6-18(17)23-21)24-20-15-8-13-7-14(10-15)11-16(20)9-13/h3-6,12-16,19-20,24H,7-11H2,1-2H3,(H,22,23)/p+1/t13?,14?,15?,16?,19-,20?/m1/s1. The predicted molar refractivity (Wildman–Crippen MR) is 96.4 cm³/mol. The number of nitrogens with one attached hydrogen (secondary N) is 1. The van der Waals surface area contributed by atoms with Gasteiger partial charge in [0.05, 0.1) is 17.1 Å². The fourth-order valence-corrected chi connectivity index (χ4v) is 6.28. The van der Waals surface area contributed by atoms with Crippen molar-refractivity contribution in [1.29, 1.82) is 0 Å². The molecule has 0 unspecified atom stereocenters. The summed E-state index contributed by atoms with van der Waals surface area (Å²) in [6.45, 7) is 4.70. The largest absolute Gasteiger partial charge is 0.337 e. The van der Waals surface area contributed by atoms with Gasteiger partial charge in [-0.05, 0) is 56.1 Å². The fourth-order valence-electron chi connectivity index (χ4n) is 6.28. The SMILES string of the molecule is CC(C)[C@@H]([NH2+]C1C2CC3CC(C2)CC1C3)c1nc2ccccc2[nH]1. The van der Waals surface area contributed by atoms with Gasteiger partial charge in [-0.3, -0.25) is 0 Å². The molecule has 1 aromatic carbocycles. The Morgan fingerprint density at radius 1 is 1.00 bits per heavy atom. The van der Waals surface area contributed by atoms with Crippen molar-refractivity contribution in [3.05, 3.63) is 30.1 Å². The van der Waals surface area contributed by atoms with E-state index >= 15 is 0 Å². The molecule has 3 nitrogen and oxygen atoms in total. The number of imidazole rings is 1. The van der Waals surface area contributed by atoms with Crippen LogP contribution in [0.1, 0.15) is 57.8 Å². The van der Waals surface area contributed by atoms with Gasteiger partial charge in [0.15, 0.2) is 5.82 Å². The Kier molecular flexibility index (Phi) is 3.48. The quantitative estimate of drug-likeness (QED) is 0.886. The number of H-pyrrole nitrogens is 1. The maximum Gasteiger partial charge on any atom is 0.166 e. The van der Waals surface area contributed by atoms with Gasteiger partial charge < -0.3 is 10.3 Å². The zero-order valence-corrected chi connectivity index (χ0v) is 14.9. The van der Waals surface area contributed by atoms with Gasteiger partial charge in [0.25, 0.3) is 0 Å². The molecule has 2 aromatic rings. The first-order chi connectivity index (χ1) is 11.7. The van der Waals surface area contributed by atoms with Crippen molar-refractivity contribution in [3.63, 3.8) is 0 Å². The van der Waals surface area contributed by atoms with Crippen molar-refractivity contribution in [2.45, 2.75) is 58.0 Å². The maximum absolute atomic E-state index is 4.93. The highest BCUT2D eigenvalue weighted by Gasteiger charge is 2.51. The van der Waals surface area contributed by atoms with Crippen LogP contribution in [0.5, 0.6) is 0 Å². The lowest BCUT2D eigenvalue weighted by atomic mass is 9.54. The van der Waals surface area contributed by atoms with Crippen molar-refractivity contribution >= 4 is 11.0 Å². The smallest absolute Gasteiger partial charge is 0.166 e. The third kappa shape index (κ3) is 2.40. The Labute approximate surface area is 144 Å². The highest BCUT2D eigenvalue weighted by molar-refractivity contribution is 5.74. The summed E-state index contributed by atoms with van der Waals surface area (Å²) in [6.07, 6.45) is 7.54. The molecule has 4 aliphatic carbocycles. The topological polar surface area (TPSA) is 45.3 Å². The number of nitrogens with zero attached hydrogens (tertiary/aromatic N) is 1. The van der Waals surface area contributed by atoms with Crippen LogP contribution in [0.2, 0.25) is 0 Å². The van der Waals surface area contributed by atoms with Gasteiger partial charge in [-0.2, -0.15) is 0 Å². The molecule has 0 aliphatic heterocycles. The first-order valence-corrected chi connectivity index (χ1v) is 9.97. The lowest BCUT2D eigenvalue weighted by molar-refractivity contribution is -0.751. The highest BCUT2D eigenvalue weighted by Crippen LogP contribution is 2.52. The molecule has 4 saturated carbocycles. The molecule has 4 fully saturated rings. The van der Waals surface area contributed by atoms with E-state index in [0.29, 0.717) is 12.0 Å². The van der Waals surface area contributed by atoms with Crippen LogP contribution < -0.4 is 5.32 Å². The minimum Gasteiger partial charge on any atom is -0.337 e. The minimum absolute atomic E-state index is 0.458. The molecule has 4 bridgehead atoms. The number of fused-ring (bicyclic) bond motifs is 1. The molecule has 1 atom stereocenters. The summed E-state index contributed by atoms with van der Waals surface area (Å²) in [5.41, 5.74) is 2.29. The molecule has 3 heteroatoms. The second kappa shape index (κ2) is 5.59. The number of benzene rings is 1. The third-order valence-corrected chi connectivity index (χ3v) is 7.17. The van der Waals surface area contributed by atoms with Crippen molar-refractivity contribution < 1.29 is 5.32 Å². The van der Waals surface area contributed by atoms with Crippen LogP contribution in [-0.2, 0) is 0 Å². The van der Waals surface area contributed by atoms with Gasteiger partial charge in [-0.15, -0.1) is 0 Å². The van der Waals surface area contributed by atoms with Crippen LogP contribution in [0.25, 0.3) is 11.0 Å². The Hall–Kier alpha value is -1.35. The second-order valence-electron chi connectivity index (χ2n) is 9.11. The van der Waals surface area contributed by atoms with Gasteiger partial charge in [0.2, 0.25) is 0 Å². The van der Waals surface area contributed by atoms with Gasteiger partial charge in [-0.1, -0.05) is 26.0 Å². The normalized spacial score (nSPS) is 35.9. The summed E-state index contributed by atoms with van der Waals surface area (Å²) in [4.78, 5) is 8.54. The van der Waals surface area contributed by atoms with E-state index in [1.165, 1.54) is 43.4 Å². The monoisotopic (exact) mass is 324 g/mol. The molecule has 0 spiro atoms. The van der Waals surface area contributed by atoms with Crippen molar-refractivity contribution in [3.8, 4) is 0 Å². The van der Waals surface area contributed by atoms with Crippen molar-refractivity contribution in [2.75, 3.05) is 0 Å². The van der Waals surface area contributed by atoms with Crippen LogP contribution in [0.15, 0.2) is 24.3 Å². The molecule has 3 N–H and O–H groups in total. The van der Waals surface area contributed by atoms with E-state index in [-0.39, 0.29) is 0 Å². The van der Waals surface area contributed by atoms with Crippen LogP contribution in [0.4, 0.5) is 0 Å². The molecule has 6 rings (SSSR count). The summed E-state index contributed by atoms with van der Waals surface area (Å²) >= 11 is 0. The third-order valence-electron chi connectivity index (χ3n) is 7.17. The molecule has 0 radical (unpaired) electrons. The number of para-hydroxylation sites is 2.